The average molecular weight is 645 g/mol. The molecular weight excluding hydrogens is 618 g/mol. The Bertz CT molecular complexity index is 1940. The van der Waals surface area contributed by atoms with Crippen molar-refractivity contribution >= 4 is 39.3 Å². The normalized spacial score (nSPS) is 14.5. The number of carbonyl (C=O) groups excluding carboxylic acids is 1. The van der Waals surface area contributed by atoms with Gasteiger partial charge < -0.3 is 14.2 Å². The molecule has 5 rings (SSSR count). The number of methoxy groups -OCH3 is 1. The molecule has 3 aromatic carbocycles. The van der Waals surface area contributed by atoms with Gasteiger partial charge in [0.15, 0.2) is 4.80 Å². The summed E-state index contributed by atoms with van der Waals surface area (Å²) in [4.78, 5) is 32.3. The van der Waals surface area contributed by atoms with Gasteiger partial charge in [0, 0.05) is 11.1 Å². The molecule has 0 spiro atoms. The number of para-hydroxylation sites is 1. The summed E-state index contributed by atoms with van der Waals surface area (Å²) in [5.41, 5.74) is 3.19. The molecular formula is C32H26BrN3O5S. The van der Waals surface area contributed by atoms with E-state index in [9.17, 15) is 14.9 Å². The number of hydrogen-bond acceptors (Lipinski definition) is 8. The lowest BCUT2D eigenvalue weighted by molar-refractivity contribution is -0.139. The first-order valence-electron chi connectivity index (χ1n) is 13.1. The summed E-state index contributed by atoms with van der Waals surface area (Å²) in [6, 6.07) is 21.5. The first-order valence-corrected chi connectivity index (χ1v) is 14.7. The van der Waals surface area contributed by atoms with E-state index in [1.165, 1.54) is 15.9 Å². The third-order valence-corrected chi connectivity index (χ3v) is 8.34. The van der Waals surface area contributed by atoms with Crippen LogP contribution in [0.25, 0.3) is 6.08 Å². The maximum absolute atomic E-state index is 14.0. The van der Waals surface area contributed by atoms with Gasteiger partial charge in [-0.15, -0.1) is 0 Å². The van der Waals surface area contributed by atoms with Crippen molar-refractivity contribution in [3.05, 3.63) is 124 Å². The minimum atomic E-state index is -0.751. The van der Waals surface area contributed by atoms with Crippen LogP contribution >= 0.6 is 27.3 Å². The van der Waals surface area contributed by atoms with Crippen molar-refractivity contribution in [3.63, 3.8) is 0 Å². The molecule has 0 amide bonds. The van der Waals surface area contributed by atoms with Crippen molar-refractivity contribution in [2.75, 3.05) is 13.7 Å². The Morgan fingerprint density at radius 1 is 1.14 bits per heavy atom. The average Bonchev–Trinajstić information content (AvgIpc) is 3.29. The Labute approximate surface area is 254 Å². The van der Waals surface area contributed by atoms with Crippen LogP contribution in [0.2, 0.25) is 0 Å². The molecule has 0 bridgehead atoms. The zero-order valence-corrected chi connectivity index (χ0v) is 25.5. The first-order chi connectivity index (χ1) is 20.4. The standard InChI is InChI=1S/C32H26BrN3O5S/c1-4-40-31(38)28-19(2)35-32-36(29(28)21-13-14-26(39-3)24(33)15-21)30(37)27(42-32)16-20-9-7-8-12-25(20)41-18-23-11-6-5-10-22(23)17-34/h5-16,29H,4,18H2,1-3H3/b27-16+/t29-/m0/s1. The van der Waals surface area contributed by atoms with Crippen molar-refractivity contribution in [2.45, 2.75) is 26.5 Å². The van der Waals surface area contributed by atoms with Gasteiger partial charge in [0.05, 0.1) is 51.7 Å². The summed E-state index contributed by atoms with van der Waals surface area (Å²) in [6.07, 6.45) is 1.76. The van der Waals surface area contributed by atoms with Crippen LogP contribution in [0.4, 0.5) is 0 Å². The summed E-state index contributed by atoms with van der Waals surface area (Å²) >= 11 is 4.76. The summed E-state index contributed by atoms with van der Waals surface area (Å²) in [5.74, 6) is 0.662. The predicted octanol–water partition coefficient (Wildman–Crippen LogP) is 5.02. The van der Waals surface area contributed by atoms with E-state index in [4.69, 9.17) is 14.2 Å². The van der Waals surface area contributed by atoms with Crippen molar-refractivity contribution in [1.29, 1.82) is 5.26 Å². The zero-order valence-electron chi connectivity index (χ0n) is 23.1. The molecule has 0 radical (unpaired) electrons. The van der Waals surface area contributed by atoms with E-state index >= 15 is 0 Å². The van der Waals surface area contributed by atoms with Crippen molar-refractivity contribution in [3.8, 4) is 17.6 Å². The lowest BCUT2D eigenvalue weighted by atomic mass is 9.96. The Kier molecular flexibility index (Phi) is 8.71. The number of nitrogens with zero attached hydrogens (tertiary/aromatic N) is 3. The van der Waals surface area contributed by atoms with Gasteiger partial charge in [-0.1, -0.05) is 53.8 Å². The molecule has 8 nitrogen and oxygen atoms in total. The van der Waals surface area contributed by atoms with Crippen molar-refractivity contribution < 1.29 is 19.0 Å². The highest BCUT2D eigenvalue weighted by atomic mass is 79.9. The molecule has 1 atom stereocenters. The van der Waals surface area contributed by atoms with Gasteiger partial charge in [-0.2, -0.15) is 5.26 Å². The van der Waals surface area contributed by atoms with E-state index < -0.39 is 12.0 Å². The Morgan fingerprint density at radius 3 is 2.64 bits per heavy atom. The van der Waals surface area contributed by atoms with Gasteiger partial charge in [0.2, 0.25) is 0 Å². The Balaban J connectivity index is 1.61. The van der Waals surface area contributed by atoms with Crippen LogP contribution < -0.4 is 24.4 Å². The topological polar surface area (TPSA) is 103 Å². The number of aromatic nitrogens is 1. The number of halogens is 1. The van der Waals surface area contributed by atoms with Crippen LogP contribution in [0.1, 0.15) is 42.1 Å². The van der Waals surface area contributed by atoms with E-state index in [0.29, 0.717) is 53.3 Å². The SMILES string of the molecule is CCOC(=O)C1=C(C)N=c2s/c(=C/c3ccccc3OCc3ccccc3C#N)c(=O)n2[C@H]1c1ccc(OC)c(Br)c1. The van der Waals surface area contributed by atoms with E-state index in [1.54, 1.807) is 39.2 Å². The molecule has 0 fully saturated rings. The summed E-state index contributed by atoms with van der Waals surface area (Å²) in [6.45, 7) is 3.87. The van der Waals surface area contributed by atoms with Crippen LogP contribution in [0.15, 0.2) is 92.3 Å². The summed E-state index contributed by atoms with van der Waals surface area (Å²) < 4.78 is 19.5. The number of ether oxygens (including phenoxy) is 3. The highest BCUT2D eigenvalue weighted by molar-refractivity contribution is 9.10. The number of fused-ring (bicyclic) bond motifs is 1. The molecule has 0 aliphatic carbocycles. The van der Waals surface area contributed by atoms with Crippen LogP contribution in [-0.4, -0.2) is 24.3 Å². The first kappa shape index (κ1) is 29.0. The third-order valence-electron chi connectivity index (χ3n) is 6.74. The van der Waals surface area contributed by atoms with E-state index in [-0.39, 0.29) is 18.8 Å². The van der Waals surface area contributed by atoms with Gasteiger partial charge in [-0.25, -0.2) is 9.79 Å². The molecule has 1 aromatic heterocycles. The molecule has 0 saturated heterocycles. The number of allylic oxidation sites excluding steroid dienone is 1. The fraction of sp³-hybridized carbons (Fsp3) is 0.188. The minimum Gasteiger partial charge on any atom is -0.496 e. The summed E-state index contributed by atoms with van der Waals surface area (Å²) in [7, 11) is 1.57. The second-order valence-electron chi connectivity index (χ2n) is 9.29. The number of rotatable bonds is 8. The molecule has 1 aliphatic rings. The van der Waals surface area contributed by atoms with E-state index in [1.807, 2.05) is 54.6 Å². The van der Waals surface area contributed by atoms with Gasteiger partial charge in [0.1, 0.15) is 18.1 Å². The molecule has 42 heavy (non-hydrogen) atoms. The largest absolute Gasteiger partial charge is 0.496 e. The van der Waals surface area contributed by atoms with E-state index in [2.05, 4.69) is 27.0 Å². The molecule has 10 heteroatoms. The predicted molar refractivity (Wildman–Crippen MR) is 163 cm³/mol. The molecule has 0 unspecified atom stereocenters. The Hall–Kier alpha value is -4.46. The van der Waals surface area contributed by atoms with Crippen molar-refractivity contribution in [1.82, 2.24) is 4.57 Å². The molecule has 0 N–H and O–H groups in total. The number of benzene rings is 3. The lowest BCUT2D eigenvalue weighted by Gasteiger charge is -2.25. The molecule has 4 aromatic rings. The fourth-order valence-corrected chi connectivity index (χ4v) is 6.34. The molecule has 1 aliphatic heterocycles. The quantitative estimate of drug-likeness (QED) is 0.250. The Morgan fingerprint density at radius 2 is 1.90 bits per heavy atom. The molecule has 0 saturated carbocycles. The van der Waals surface area contributed by atoms with Gasteiger partial charge >= 0.3 is 5.97 Å². The maximum atomic E-state index is 14.0. The second kappa shape index (κ2) is 12.6. The van der Waals surface area contributed by atoms with Gasteiger partial charge in [-0.05, 0) is 65.7 Å². The van der Waals surface area contributed by atoms with E-state index in [0.717, 1.165) is 5.56 Å². The van der Waals surface area contributed by atoms with Crippen molar-refractivity contribution in [2.24, 2.45) is 4.99 Å². The highest BCUT2D eigenvalue weighted by Gasteiger charge is 2.33. The number of carbonyl (C=O) groups is 1. The van der Waals surface area contributed by atoms with Gasteiger partial charge in [0.25, 0.3) is 5.56 Å². The van der Waals surface area contributed by atoms with Crippen LogP contribution in [0.5, 0.6) is 11.5 Å². The van der Waals surface area contributed by atoms with Crippen LogP contribution in [0.3, 0.4) is 0 Å². The van der Waals surface area contributed by atoms with Crippen LogP contribution in [0, 0.1) is 11.3 Å². The smallest absolute Gasteiger partial charge is 0.338 e. The number of thiazole rings is 1. The molecule has 2 heterocycles. The fourth-order valence-electron chi connectivity index (χ4n) is 4.74. The molecule has 212 valence electrons. The number of nitriles is 1. The van der Waals surface area contributed by atoms with Gasteiger partial charge in [-0.3, -0.25) is 9.36 Å². The number of esters is 1. The number of hydrogen-bond donors (Lipinski definition) is 0. The lowest BCUT2D eigenvalue weighted by Crippen LogP contribution is -2.40. The zero-order chi connectivity index (χ0) is 29.8. The highest BCUT2D eigenvalue weighted by Crippen LogP contribution is 2.35. The second-order valence-corrected chi connectivity index (χ2v) is 11.2. The van der Waals surface area contributed by atoms with Crippen LogP contribution in [-0.2, 0) is 16.1 Å². The minimum absolute atomic E-state index is 0.189. The maximum Gasteiger partial charge on any atom is 0.338 e. The summed E-state index contributed by atoms with van der Waals surface area (Å²) in [5, 5.41) is 9.42. The third kappa shape index (κ3) is 5.66. The monoisotopic (exact) mass is 643 g/mol.